The van der Waals surface area contributed by atoms with Gasteiger partial charge in [0.25, 0.3) is 5.91 Å². The predicted molar refractivity (Wildman–Crippen MR) is 101 cm³/mol. The average molecular weight is 411 g/mol. The van der Waals surface area contributed by atoms with Crippen LogP contribution in [0.3, 0.4) is 0 Å². The largest absolute Gasteiger partial charge is 0.491 e. The van der Waals surface area contributed by atoms with Crippen molar-refractivity contribution in [1.29, 1.82) is 0 Å². The van der Waals surface area contributed by atoms with Crippen molar-refractivity contribution in [3.05, 3.63) is 29.8 Å². The summed E-state index contributed by atoms with van der Waals surface area (Å²) in [4.78, 5) is 25.6. The molecule has 0 aromatic heterocycles. The third kappa shape index (κ3) is 5.45. The summed E-state index contributed by atoms with van der Waals surface area (Å²) in [5.41, 5.74) is 0.309. The van der Waals surface area contributed by atoms with Gasteiger partial charge >= 0.3 is 5.97 Å². The fourth-order valence-corrected chi connectivity index (χ4v) is 5.02. The Kier molecular flexibility index (Phi) is 6.56. The van der Waals surface area contributed by atoms with Crippen LogP contribution in [0.1, 0.15) is 29.6 Å². The molecule has 2 saturated heterocycles. The number of ether oxygens (including phenoxy) is 3. The first-order valence-electron chi connectivity index (χ1n) is 9.32. The first-order valence-corrected chi connectivity index (χ1v) is 11.1. The predicted octanol–water partition coefficient (Wildman–Crippen LogP) is 1.05. The molecule has 2 fully saturated rings. The van der Waals surface area contributed by atoms with Crippen LogP contribution in [-0.4, -0.2) is 75.7 Å². The van der Waals surface area contributed by atoms with E-state index in [0.717, 1.165) is 19.4 Å². The summed E-state index contributed by atoms with van der Waals surface area (Å²) >= 11 is 0. The molecule has 0 N–H and O–H groups in total. The number of carbonyl (C=O) groups excluding carboxylic acids is 2. The van der Waals surface area contributed by atoms with Crippen LogP contribution in [0.25, 0.3) is 0 Å². The number of carbonyl (C=O) groups is 2. The fourth-order valence-electron chi connectivity index (χ4n) is 3.25. The van der Waals surface area contributed by atoms with Crippen LogP contribution in [0, 0.1) is 0 Å². The molecule has 0 bridgehead atoms. The SMILES string of the molecule is CN(C(=O)COC(=O)c1ccc(OC[C@H]2CCCO2)cc1)[C@H]1CCS(=O)(=O)C1. The second-order valence-corrected chi connectivity index (χ2v) is 9.34. The van der Waals surface area contributed by atoms with E-state index in [0.29, 0.717) is 24.3 Å². The zero-order valence-corrected chi connectivity index (χ0v) is 16.7. The van der Waals surface area contributed by atoms with Gasteiger partial charge in [-0.2, -0.15) is 0 Å². The third-order valence-electron chi connectivity index (χ3n) is 5.03. The lowest BCUT2D eigenvalue weighted by Crippen LogP contribution is -2.40. The summed E-state index contributed by atoms with van der Waals surface area (Å²) < 4.78 is 39.2. The summed E-state index contributed by atoms with van der Waals surface area (Å²) in [5.74, 6) is -0.379. The maximum absolute atomic E-state index is 12.2. The molecule has 0 aliphatic carbocycles. The molecule has 0 spiro atoms. The van der Waals surface area contributed by atoms with Crippen LogP contribution in [0.2, 0.25) is 0 Å². The number of nitrogens with zero attached hydrogens (tertiary/aromatic N) is 1. The minimum absolute atomic E-state index is 0.0451. The highest BCUT2D eigenvalue weighted by molar-refractivity contribution is 7.91. The van der Waals surface area contributed by atoms with Crippen LogP contribution >= 0.6 is 0 Å². The van der Waals surface area contributed by atoms with Gasteiger partial charge in [0.2, 0.25) is 0 Å². The minimum Gasteiger partial charge on any atom is -0.491 e. The van der Waals surface area contributed by atoms with Gasteiger partial charge in [0.05, 0.1) is 23.2 Å². The molecular formula is C19H25NO7S. The summed E-state index contributed by atoms with van der Waals surface area (Å²) in [6.07, 6.45) is 2.55. The Morgan fingerprint density at radius 1 is 1.21 bits per heavy atom. The number of benzene rings is 1. The maximum Gasteiger partial charge on any atom is 0.338 e. The lowest BCUT2D eigenvalue weighted by atomic mass is 10.2. The lowest BCUT2D eigenvalue weighted by molar-refractivity contribution is -0.134. The van der Waals surface area contributed by atoms with Crippen molar-refractivity contribution in [3.63, 3.8) is 0 Å². The van der Waals surface area contributed by atoms with Gasteiger partial charge in [0.15, 0.2) is 16.4 Å². The van der Waals surface area contributed by atoms with Crippen LogP contribution < -0.4 is 4.74 Å². The molecule has 2 aliphatic heterocycles. The second-order valence-electron chi connectivity index (χ2n) is 7.11. The molecule has 154 valence electrons. The van der Waals surface area contributed by atoms with Gasteiger partial charge in [0, 0.05) is 19.7 Å². The molecule has 0 unspecified atom stereocenters. The number of likely N-dealkylation sites (N-methyl/N-ethyl adjacent to an activating group) is 1. The Hall–Kier alpha value is -2.13. The highest BCUT2D eigenvalue weighted by Crippen LogP contribution is 2.18. The number of sulfone groups is 1. The van der Waals surface area contributed by atoms with Crippen molar-refractivity contribution in [2.75, 3.05) is 38.4 Å². The van der Waals surface area contributed by atoms with Crippen LogP contribution in [0.4, 0.5) is 0 Å². The highest BCUT2D eigenvalue weighted by Gasteiger charge is 2.33. The van der Waals surface area contributed by atoms with Crippen molar-refractivity contribution in [2.45, 2.75) is 31.4 Å². The van der Waals surface area contributed by atoms with Gasteiger partial charge in [-0.15, -0.1) is 0 Å². The third-order valence-corrected chi connectivity index (χ3v) is 6.78. The molecule has 28 heavy (non-hydrogen) atoms. The van der Waals surface area contributed by atoms with E-state index in [1.54, 1.807) is 24.3 Å². The molecule has 2 atom stereocenters. The van der Waals surface area contributed by atoms with Crippen molar-refractivity contribution in [2.24, 2.45) is 0 Å². The zero-order valence-electron chi connectivity index (χ0n) is 15.8. The van der Waals surface area contributed by atoms with E-state index in [9.17, 15) is 18.0 Å². The molecule has 0 saturated carbocycles. The molecule has 2 heterocycles. The van der Waals surface area contributed by atoms with Crippen LogP contribution in [-0.2, 0) is 24.1 Å². The Labute approximate surface area is 164 Å². The smallest absolute Gasteiger partial charge is 0.338 e. The van der Waals surface area contributed by atoms with Gasteiger partial charge < -0.3 is 19.1 Å². The van der Waals surface area contributed by atoms with Crippen LogP contribution in [0.15, 0.2) is 24.3 Å². The van der Waals surface area contributed by atoms with Gasteiger partial charge in [0.1, 0.15) is 12.4 Å². The van der Waals surface area contributed by atoms with E-state index in [2.05, 4.69) is 0 Å². The molecule has 3 rings (SSSR count). The molecule has 8 nitrogen and oxygen atoms in total. The van der Waals surface area contributed by atoms with E-state index in [4.69, 9.17) is 14.2 Å². The standard InChI is InChI=1S/C19H25NO7S/c1-20(15-8-10-28(23,24)13-15)18(21)12-27-19(22)14-4-6-16(7-5-14)26-11-17-3-2-9-25-17/h4-7,15,17H,2-3,8-13H2,1H3/t15-,17+/m0/s1. The summed E-state index contributed by atoms with van der Waals surface area (Å²) in [5, 5.41) is 0. The average Bonchev–Trinajstić information content (AvgIpc) is 3.33. The van der Waals surface area contributed by atoms with E-state index < -0.39 is 28.3 Å². The molecule has 2 aliphatic rings. The van der Waals surface area contributed by atoms with Crippen molar-refractivity contribution in [3.8, 4) is 5.75 Å². The van der Waals surface area contributed by atoms with E-state index in [1.807, 2.05) is 0 Å². The molecule has 1 aromatic carbocycles. The lowest BCUT2D eigenvalue weighted by Gasteiger charge is -2.23. The molecular weight excluding hydrogens is 386 g/mol. The minimum atomic E-state index is -3.08. The normalized spacial score (nSPS) is 23.3. The summed E-state index contributed by atoms with van der Waals surface area (Å²) in [6.45, 7) is 0.813. The zero-order chi connectivity index (χ0) is 20.1. The second kappa shape index (κ2) is 8.91. The number of rotatable bonds is 7. The van der Waals surface area contributed by atoms with E-state index in [1.165, 1.54) is 11.9 Å². The molecule has 0 radical (unpaired) electrons. The van der Waals surface area contributed by atoms with Gasteiger partial charge in [-0.25, -0.2) is 13.2 Å². The van der Waals surface area contributed by atoms with E-state index >= 15 is 0 Å². The highest BCUT2D eigenvalue weighted by atomic mass is 32.2. The Bertz CT molecular complexity index is 800. The number of amides is 1. The number of hydrogen-bond acceptors (Lipinski definition) is 7. The molecule has 9 heteroatoms. The van der Waals surface area contributed by atoms with Gasteiger partial charge in [-0.1, -0.05) is 0 Å². The van der Waals surface area contributed by atoms with Crippen LogP contribution in [0.5, 0.6) is 5.75 Å². The number of esters is 1. The molecule has 1 amide bonds. The number of hydrogen-bond donors (Lipinski definition) is 0. The van der Waals surface area contributed by atoms with E-state index in [-0.39, 0.29) is 23.7 Å². The summed E-state index contributed by atoms with van der Waals surface area (Å²) in [6, 6.07) is 6.12. The fraction of sp³-hybridized carbons (Fsp3) is 0.579. The topological polar surface area (TPSA) is 99.2 Å². The summed E-state index contributed by atoms with van der Waals surface area (Å²) in [7, 11) is -1.55. The Morgan fingerprint density at radius 2 is 1.96 bits per heavy atom. The van der Waals surface area contributed by atoms with Gasteiger partial charge in [-0.05, 0) is 43.5 Å². The Balaban J connectivity index is 1.44. The first kappa shape index (κ1) is 20.6. The van der Waals surface area contributed by atoms with Crippen molar-refractivity contribution in [1.82, 2.24) is 4.90 Å². The van der Waals surface area contributed by atoms with Crippen molar-refractivity contribution >= 4 is 21.7 Å². The Morgan fingerprint density at radius 3 is 2.57 bits per heavy atom. The quantitative estimate of drug-likeness (QED) is 0.618. The van der Waals surface area contributed by atoms with Crippen molar-refractivity contribution < 1.29 is 32.2 Å². The monoisotopic (exact) mass is 411 g/mol. The van der Waals surface area contributed by atoms with Gasteiger partial charge in [-0.3, -0.25) is 4.79 Å². The molecule has 1 aromatic rings. The maximum atomic E-state index is 12.2. The first-order chi connectivity index (χ1) is 13.3.